The molecule has 0 spiro atoms. The summed E-state index contributed by atoms with van der Waals surface area (Å²) in [5.41, 5.74) is -1.30. The first kappa shape index (κ1) is 19.4. The van der Waals surface area contributed by atoms with E-state index in [0.717, 1.165) is 0 Å². The largest absolute Gasteiger partial charge is 0.459 e. The molecule has 140 valence electrons. The van der Waals surface area contributed by atoms with Crippen molar-refractivity contribution in [3.8, 4) is 0 Å². The molecule has 26 heavy (non-hydrogen) atoms. The Morgan fingerprint density at radius 3 is 2.46 bits per heavy atom. The van der Waals surface area contributed by atoms with Crippen LogP contribution in [0.2, 0.25) is 0 Å². The molecule has 0 unspecified atom stereocenters. The van der Waals surface area contributed by atoms with Crippen molar-refractivity contribution in [1.29, 1.82) is 0 Å². The number of nitro benzene ring substituents is 1. The van der Waals surface area contributed by atoms with E-state index in [1.54, 1.807) is 26.8 Å². The number of nitrogens with zero attached hydrogens (tertiary/aromatic N) is 1. The highest BCUT2D eigenvalue weighted by atomic mass is 16.6. The molecule has 1 aliphatic rings. The lowest BCUT2D eigenvalue weighted by Gasteiger charge is -2.23. The predicted molar refractivity (Wildman–Crippen MR) is 93.3 cm³/mol. The molecule has 8 heteroatoms. The first-order valence-electron chi connectivity index (χ1n) is 8.12. The number of esters is 1. The fourth-order valence-corrected chi connectivity index (χ4v) is 2.48. The van der Waals surface area contributed by atoms with Gasteiger partial charge in [-0.1, -0.05) is 6.08 Å². The second-order valence-corrected chi connectivity index (χ2v) is 7.14. The first-order valence-corrected chi connectivity index (χ1v) is 8.12. The third-order valence-electron chi connectivity index (χ3n) is 3.90. The summed E-state index contributed by atoms with van der Waals surface area (Å²) >= 11 is 0. The van der Waals surface area contributed by atoms with Gasteiger partial charge < -0.3 is 14.8 Å². The molecule has 1 fully saturated rings. The number of hydrogen-bond donors (Lipinski definition) is 1. The summed E-state index contributed by atoms with van der Waals surface area (Å²) in [6, 6.07) is 5.69. The minimum atomic E-state index is -1.18. The molecule has 8 nitrogen and oxygen atoms in total. The number of nitro groups is 1. The molecule has 1 amide bonds. The Bertz CT molecular complexity index is 722. The number of rotatable bonds is 6. The van der Waals surface area contributed by atoms with Crippen LogP contribution in [0.25, 0.3) is 0 Å². The highest BCUT2D eigenvalue weighted by Crippen LogP contribution is 2.45. The van der Waals surface area contributed by atoms with Crippen LogP contribution in [-0.2, 0) is 20.9 Å². The summed E-state index contributed by atoms with van der Waals surface area (Å²) in [4.78, 5) is 34.7. The van der Waals surface area contributed by atoms with Crippen LogP contribution in [-0.4, -0.2) is 28.1 Å². The second-order valence-electron chi connectivity index (χ2n) is 7.14. The van der Waals surface area contributed by atoms with Crippen molar-refractivity contribution in [2.45, 2.75) is 44.9 Å². The predicted octanol–water partition coefficient (Wildman–Crippen LogP) is 3.11. The Balaban J connectivity index is 1.99. The third kappa shape index (κ3) is 4.59. The zero-order valence-corrected chi connectivity index (χ0v) is 15.0. The second kappa shape index (κ2) is 7.15. The SMILES string of the molecule is C=C[C@H]1C[C@]1(NC(=O)OC(C)(C)C)C(=O)OCc1ccc([N+](=O)[O-])cc1. The fraction of sp³-hybridized carbons (Fsp3) is 0.444. The number of ether oxygens (including phenoxy) is 2. The van der Waals surface area contributed by atoms with E-state index in [4.69, 9.17) is 9.47 Å². The van der Waals surface area contributed by atoms with E-state index in [1.165, 1.54) is 24.3 Å². The van der Waals surface area contributed by atoms with Gasteiger partial charge in [0, 0.05) is 18.1 Å². The lowest BCUT2D eigenvalue weighted by molar-refractivity contribution is -0.384. The Hall–Kier alpha value is -2.90. The van der Waals surface area contributed by atoms with Gasteiger partial charge in [-0.05, 0) is 44.9 Å². The van der Waals surface area contributed by atoms with Gasteiger partial charge in [0.25, 0.3) is 5.69 Å². The van der Waals surface area contributed by atoms with E-state index in [1.807, 2.05) is 0 Å². The maximum absolute atomic E-state index is 12.5. The fourth-order valence-electron chi connectivity index (χ4n) is 2.48. The Labute approximate surface area is 151 Å². The van der Waals surface area contributed by atoms with Gasteiger partial charge in [0.1, 0.15) is 17.7 Å². The molecule has 0 heterocycles. The van der Waals surface area contributed by atoms with Gasteiger partial charge in [-0.3, -0.25) is 10.1 Å². The van der Waals surface area contributed by atoms with Gasteiger partial charge in [0.2, 0.25) is 0 Å². The zero-order chi connectivity index (χ0) is 19.5. The molecule has 0 saturated heterocycles. The van der Waals surface area contributed by atoms with Gasteiger partial charge in [-0.2, -0.15) is 0 Å². The van der Waals surface area contributed by atoms with Crippen molar-refractivity contribution < 1.29 is 24.0 Å². The molecule has 0 aromatic heterocycles. The normalized spacial score (nSPS) is 21.4. The standard InChI is InChI=1S/C18H22N2O6/c1-5-13-10-18(13,19-16(22)26-17(2,3)4)15(21)25-11-12-6-8-14(9-7-12)20(23)24/h5-9,13H,1,10-11H2,2-4H3,(H,19,22)/t13-,18+/m0/s1. The van der Waals surface area contributed by atoms with Gasteiger partial charge in [0.05, 0.1) is 4.92 Å². The molecule has 1 saturated carbocycles. The highest BCUT2D eigenvalue weighted by Gasteiger charge is 2.61. The highest BCUT2D eigenvalue weighted by molar-refractivity contribution is 5.90. The Morgan fingerprint density at radius 2 is 2.00 bits per heavy atom. The summed E-state index contributed by atoms with van der Waals surface area (Å²) in [6.45, 7) is 8.78. The molecule has 1 aliphatic carbocycles. The average molecular weight is 362 g/mol. The first-order chi connectivity index (χ1) is 12.1. The number of carbonyl (C=O) groups is 2. The van der Waals surface area contributed by atoms with E-state index in [2.05, 4.69) is 11.9 Å². The molecule has 0 aliphatic heterocycles. The summed E-state index contributed by atoms with van der Waals surface area (Å²) in [7, 11) is 0. The summed E-state index contributed by atoms with van der Waals surface area (Å²) in [5, 5.41) is 13.2. The average Bonchev–Trinajstić information content (AvgIpc) is 3.25. The Kier molecular flexibility index (Phi) is 5.34. The quantitative estimate of drug-likeness (QED) is 0.360. The van der Waals surface area contributed by atoms with Crippen LogP contribution in [0.4, 0.5) is 10.5 Å². The molecule has 1 aromatic rings. The molecule has 0 bridgehead atoms. The summed E-state index contributed by atoms with van der Waals surface area (Å²) in [5.74, 6) is -0.828. The smallest absolute Gasteiger partial charge is 0.408 e. The number of alkyl carbamates (subject to hydrolysis) is 1. The molecular weight excluding hydrogens is 340 g/mol. The van der Waals surface area contributed by atoms with Crippen molar-refractivity contribution >= 4 is 17.7 Å². The minimum Gasteiger partial charge on any atom is -0.459 e. The number of amides is 1. The van der Waals surface area contributed by atoms with Crippen molar-refractivity contribution in [3.63, 3.8) is 0 Å². The van der Waals surface area contributed by atoms with Crippen LogP contribution in [0.15, 0.2) is 36.9 Å². The summed E-state index contributed by atoms with van der Waals surface area (Å²) in [6.07, 6.45) is 1.27. The minimum absolute atomic E-state index is 0.0444. The van der Waals surface area contributed by atoms with E-state index in [-0.39, 0.29) is 18.2 Å². The topological polar surface area (TPSA) is 108 Å². The third-order valence-corrected chi connectivity index (χ3v) is 3.90. The van der Waals surface area contributed by atoms with E-state index < -0.39 is 28.1 Å². The molecule has 1 N–H and O–H groups in total. The van der Waals surface area contributed by atoms with Crippen LogP contribution < -0.4 is 5.32 Å². The van der Waals surface area contributed by atoms with Gasteiger partial charge in [-0.15, -0.1) is 6.58 Å². The number of nitrogens with one attached hydrogen (secondary N) is 1. The van der Waals surface area contributed by atoms with Crippen LogP contribution >= 0.6 is 0 Å². The van der Waals surface area contributed by atoms with E-state index in [9.17, 15) is 19.7 Å². The van der Waals surface area contributed by atoms with Crippen molar-refractivity contribution in [1.82, 2.24) is 5.32 Å². The van der Waals surface area contributed by atoms with Crippen LogP contribution in [0.3, 0.4) is 0 Å². The number of non-ortho nitro benzene ring substituents is 1. The summed E-state index contributed by atoms with van der Waals surface area (Å²) < 4.78 is 10.5. The van der Waals surface area contributed by atoms with Crippen molar-refractivity contribution in [2.24, 2.45) is 5.92 Å². The van der Waals surface area contributed by atoms with Crippen LogP contribution in [0.5, 0.6) is 0 Å². The number of carbonyl (C=O) groups excluding carboxylic acids is 2. The molecule has 2 rings (SSSR count). The molecule has 0 radical (unpaired) electrons. The maximum atomic E-state index is 12.5. The lowest BCUT2D eigenvalue weighted by Crippen LogP contribution is -2.47. The molecule has 1 aromatic carbocycles. The van der Waals surface area contributed by atoms with Gasteiger partial charge in [-0.25, -0.2) is 9.59 Å². The van der Waals surface area contributed by atoms with E-state index >= 15 is 0 Å². The van der Waals surface area contributed by atoms with Crippen molar-refractivity contribution in [3.05, 3.63) is 52.6 Å². The number of hydrogen-bond acceptors (Lipinski definition) is 6. The van der Waals surface area contributed by atoms with Crippen LogP contribution in [0.1, 0.15) is 32.8 Å². The van der Waals surface area contributed by atoms with Crippen LogP contribution in [0, 0.1) is 16.0 Å². The number of benzene rings is 1. The lowest BCUT2D eigenvalue weighted by atomic mass is 10.2. The van der Waals surface area contributed by atoms with E-state index in [0.29, 0.717) is 12.0 Å². The maximum Gasteiger partial charge on any atom is 0.408 e. The Morgan fingerprint density at radius 1 is 1.38 bits per heavy atom. The molecular formula is C18H22N2O6. The molecule has 2 atom stereocenters. The van der Waals surface area contributed by atoms with Gasteiger partial charge >= 0.3 is 12.1 Å². The monoisotopic (exact) mass is 362 g/mol. The van der Waals surface area contributed by atoms with Crippen molar-refractivity contribution in [2.75, 3.05) is 0 Å². The van der Waals surface area contributed by atoms with Gasteiger partial charge in [0.15, 0.2) is 0 Å². The zero-order valence-electron chi connectivity index (χ0n) is 15.0.